The summed E-state index contributed by atoms with van der Waals surface area (Å²) in [5.74, 6) is -0.932. The zero-order chi connectivity index (χ0) is 9.14. The lowest BCUT2D eigenvalue weighted by Gasteiger charge is -1.89. The van der Waals surface area contributed by atoms with Crippen LogP contribution in [0.3, 0.4) is 0 Å². The van der Waals surface area contributed by atoms with E-state index in [1.165, 1.54) is 0 Å². The standard InChI is InChI=1S/C6H4N2O4/c9-2-4(10)3-1-5(11)8-6(12)7-3/h1-2H,(H2,7,8,11,12). The third-order valence-corrected chi connectivity index (χ3v) is 1.13. The fourth-order valence-corrected chi connectivity index (χ4v) is 0.665. The van der Waals surface area contributed by atoms with E-state index >= 15 is 0 Å². The quantitative estimate of drug-likeness (QED) is 0.317. The lowest BCUT2D eigenvalue weighted by molar-refractivity contribution is -0.104. The molecule has 0 amide bonds. The monoisotopic (exact) mass is 168 g/mol. The third kappa shape index (κ3) is 1.54. The molecule has 0 unspecified atom stereocenters. The van der Waals surface area contributed by atoms with Crippen molar-refractivity contribution in [2.75, 3.05) is 0 Å². The van der Waals surface area contributed by atoms with Crippen LogP contribution in [0, 0.1) is 0 Å². The summed E-state index contributed by atoms with van der Waals surface area (Å²) in [6.07, 6.45) is 0.0186. The topological polar surface area (TPSA) is 99.9 Å². The predicted octanol–water partition coefficient (Wildman–Crippen LogP) is -1.56. The molecule has 12 heavy (non-hydrogen) atoms. The second-order valence-corrected chi connectivity index (χ2v) is 1.98. The molecule has 1 aromatic rings. The average molecular weight is 168 g/mol. The maximum Gasteiger partial charge on any atom is 0.326 e. The van der Waals surface area contributed by atoms with E-state index in [4.69, 9.17) is 0 Å². The van der Waals surface area contributed by atoms with Gasteiger partial charge in [-0.1, -0.05) is 0 Å². The molecule has 1 rings (SSSR count). The van der Waals surface area contributed by atoms with E-state index in [1.54, 1.807) is 0 Å². The Morgan fingerprint density at radius 1 is 1.33 bits per heavy atom. The number of H-pyrrole nitrogens is 2. The number of aromatic amines is 2. The molecule has 2 N–H and O–H groups in total. The largest absolute Gasteiger partial charge is 0.326 e. The third-order valence-electron chi connectivity index (χ3n) is 1.13. The Labute approximate surface area is 65.2 Å². The maximum absolute atomic E-state index is 10.6. The molecular weight excluding hydrogens is 164 g/mol. The van der Waals surface area contributed by atoms with Crippen molar-refractivity contribution < 1.29 is 9.59 Å². The highest BCUT2D eigenvalue weighted by atomic mass is 16.2. The van der Waals surface area contributed by atoms with Crippen LogP contribution in [0.15, 0.2) is 15.7 Å². The Morgan fingerprint density at radius 2 is 2.00 bits per heavy atom. The molecule has 6 nitrogen and oxygen atoms in total. The van der Waals surface area contributed by atoms with E-state index in [1.807, 2.05) is 9.97 Å². The molecule has 0 radical (unpaired) electrons. The molecule has 0 atom stereocenters. The number of nitrogens with one attached hydrogen (secondary N) is 2. The van der Waals surface area contributed by atoms with Crippen LogP contribution in [0.5, 0.6) is 0 Å². The average Bonchev–Trinajstić information content (AvgIpc) is 2.01. The van der Waals surface area contributed by atoms with Crippen molar-refractivity contribution in [1.82, 2.24) is 9.97 Å². The van der Waals surface area contributed by atoms with Gasteiger partial charge in [-0.05, 0) is 0 Å². The minimum atomic E-state index is -0.932. The number of Topliss-reactive ketones (excluding diaryl/α,β-unsaturated/α-hetero) is 1. The van der Waals surface area contributed by atoms with Crippen LogP contribution in [-0.2, 0) is 4.79 Å². The molecule has 0 aliphatic rings. The van der Waals surface area contributed by atoms with Crippen LogP contribution in [-0.4, -0.2) is 22.0 Å². The molecule has 0 spiro atoms. The van der Waals surface area contributed by atoms with Gasteiger partial charge >= 0.3 is 5.69 Å². The van der Waals surface area contributed by atoms with E-state index in [0.717, 1.165) is 6.07 Å². The number of hydrogen-bond acceptors (Lipinski definition) is 4. The van der Waals surface area contributed by atoms with Gasteiger partial charge in [0.25, 0.3) is 5.56 Å². The zero-order valence-electron chi connectivity index (χ0n) is 5.79. The van der Waals surface area contributed by atoms with Crippen LogP contribution in [0.4, 0.5) is 0 Å². The lowest BCUT2D eigenvalue weighted by atomic mass is 10.3. The van der Waals surface area contributed by atoms with E-state index in [-0.39, 0.29) is 12.0 Å². The highest BCUT2D eigenvalue weighted by Gasteiger charge is 2.05. The normalized spacial score (nSPS) is 9.33. The van der Waals surface area contributed by atoms with Gasteiger partial charge < -0.3 is 4.98 Å². The molecule has 0 fully saturated rings. The first-order valence-electron chi connectivity index (χ1n) is 2.96. The molecule has 0 aliphatic heterocycles. The summed E-state index contributed by atoms with van der Waals surface area (Å²) in [7, 11) is 0. The number of hydrogen-bond donors (Lipinski definition) is 2. The summed E-state index contributed by atoms with van der Waals surface area (Å²) >= 11 is 0. The van der Waals surface area contributed by atoms with Gasteiger partial charge in [0.05, 0.1) is 5.69 Å². The molecule has 1 aromatic heterocycles. The summed E-state index contributed by atoms with van der Waals surface area (Å²) in [6.45, 7) is 0. The van der Waals surface area contributed by atoms with Crippen LogP contribution >= 0.6 is 0 Å². The first-order chi connectivity index (χ1) is 5.63. The molecule has 6 heteroatoms. The minimum absolute atomic E-state index is 0.0186. The number of aromatic nitrogens is 2. The van der Waals surface area contributed by atoms with Gasteiger partial charge in [-0.25, -0.2) is 4.79 Å². The maximum atomic E-state index is 10.6. The van der Waals surface area contributed by atoms with Gasteiger partial charge in [-0.15, -0.1) is 0 Å². The molecule has 0 bridgehead atoms. The van der Waals surface area contributed by atoms with Crippen LogP contribution < -0.4 is 11.2 Å². The zero-order valence-corrected chi connectivity index (χ0v) is 5.79. The van der Waals surface area contributed by atoms with Crippen LogP contribution in [0.2, 0.25) is 0 Å². The molecule has 0 aliphatic carbocycles. The smallest absolute Gasteiger partial charge is 0.304 e. The van der Waals surface area contributed by atoms with Crippen molar-refractivity contribution in [3.05, 3.63) is 32.6 Å². The highest BCUT2D eigenvalue weighted by molar-refractivity contribution is 6.32. The number of carbonyl (C=O) groups is 2. The Morgan fingerprint density at radius 3 is 2.50 bits per heavy atom. The molecule has 0 saturated heterocycles. The molecule has 0 saturated carbocycles. The summed E-state index contributed by atoms with van der Waals surface area (Å²) in [5.41, 5.74) is -1.84. The molecule has 62 valence electrons. The van der Waals surface area contributed by atoms with Gasteiger partial charge in [0, 0.05) is 6.07 Å². The first-order valence-corrected chi connectivity index (χ1v) is 2.96. The van der Waals surface area contributed by atoms with Crippen LogP contribution in [0.25, 0.3) is 0 Å². The number of rotatable bonds is 2. The molecule has 1 heterocycles. The van der Waals surface area contributed by atoms with Crippen LogP contribution in [0.1, 0.15) is 10.5 Å². The van der Waals surface area contributed by atoms with E-state index in [9.17, 15) is 19.2 Å². The second-order valence-electron chi connectivity index (χ2n) is 1.98. The summed E-state index contributed by atoms with van der Waals surface area (Å²) < 4.78 is 0. The van der Waals surface area contributed by atoms with Gasteiger partial charge in [-0.2, -0.15) is 0 Å². The van der Waals surface area contributed by atoms with Gasteiger partial charge in [0.2, 0.25) is 5.78 Å². The van der Waals surface area contributed by atoms with Gasteiger partial charge in [-0.3, -0.25) is 19.4 Å². The predicted molar refractivity (Wildman–Crippen MR) is 38.1 cm³/mol. The minimum Gasteiger partial charge on any atom is -0.304 e. The van der Waals surface area contributed by atoms with Gasteiger partial charge in [0.15, 0.2) is 6.29 Å². The van der Waals surface area contributed by atoms with Crippen molar-refractivity contribution in [3.63, 3.8) is 0 Å². The van der Waals surface area contributed by atoms with Gasteiger partial charge in [0.1, 0.15) is 0 Å². The summed E-state index contributed by atoms with van der Waals surface area (Å²) in [5, 5.41) is 0. The number of aldehydes is 1. The second kappa shape index (κ2) is 2.95. The summed E-state index contributed by atoms with van der Waals surface area (Å²) in [6, 6.07) is 0.845. The Hall–Kier alpha value is -1.98. The fraction of sp³-hybridized carbons (Fsp3) is 0. The SMILES string of the molecule is O=CC(=O)c1cc(=O)[nH]c(=O)[nH]1. The fourth-order valence-electron chi connectivity index (χ4n) is 0.665. The lowest BCUT2D eigenvalue weighted by Crippen LogP contribution is -2.25. The Bertz CT molecular complexity index is 399. The molecular formula is C6H4N2O4. The van der Waals surface area contributed by atoms with Crippen molar-refractivity contribution in [2.24, 2.45) is 0 Å². The van der Waals surface area contributed by atoms with E-state index in [2.05, 4.69) is 0 Å². The van der Waals surface area contributed by atoms with Crippen molar-refractivity contribution >= 4 is 12.1 Å². The van der Waals surface area contributed by atoms with Crippen molar-refractivity contribution in [1.29, 1.82) is 0 Å². The number of ketones is 1. The Kier molecular flexibility index (Phi) is 2.00. The highest BCUT2D eigenvalue weighted by Crippen LogP contribution is 1.83. The van der Waals surface area contributed by atoms with E-state index < -0.39 is 17.0 Å². The van der Waals surface area contributed by atoms with Crippen molar-refractivity contribution in [2.45, 2.75) is 0 Å². The number of carbonyl (C=O) groups excluding carboxylic acids is 2. The first kappa shape index (κ1) is 8.12. The molecule has 0 aromatic carbocycles. The van der Waals surface area contributed by atoms with E-state index in [0.29, 0.717) is 0 Å². The summed E-state index contributed by atoms with van der Waals surface area (Å²) in [4.78, 5) is 45.6. The Balaban J connectivity index is 3.36. The van der Waals surface area contributed by atoms with Crippen molar-refractivity contribution in [3.8, 4) is 0 Å².